The van der Waals surface area contributed by atoms with E-state index >= 15 is 0 Å². The third kappa shape index (κ3) is 12.4. The van der Waals surface area contributed by atoms with Gasteiger partial charge in [-0.05, 0) is 27.7 Å². The first-order valence-electron chi connectivity index (χ1n) is 6.14. The Morgan fingerprint density at radius 2 is 1.29 bits per heavy atom. The van der Waals surface area contributed by atoms with Crippen LogP contribution in [0.3, 0.4) is 0 Å². The molecule has 0 aliphatic rings. The molecule has 0 saturated carbocycles. The van der Waals surface area contributed by atoms with Crippen LogP contribution in [0.5, 0.6) is 0 Å². The summed E-state index contributed by atoms with van der Waals surface area (Å²) in [4.78, 5) is 31.5. The largest absolute Gasteiger partial charge is 0.478 e. The zero-order valence-electron chi connectivity index (χ0n) is 12.9. The molecule has 0 fully saturated rings. The SMILES string of the molecule is C=C(C)C(=O)OCCOC(=O)C(=C)C.CC=C(C)C(=O)O. The second kappa shape index (κ2) is 11.5. The highest BCUT2D eigenvalue weighted by Gasteiger charge is 2.05. The Bertz CT molecular complexity index is 417. The number of carbonyl (C=O) groups excluding carboxylic acids is 2. The van der Waals surface area contributed by atoms with Gasteiger partial charge in [0.05, 0.1) is 0 Å². The first kappa shape index (κ1) is 20.9. The van der Waals surface area contributed by atoms with Gasteiger partial charge in [0.25, 0.3) is 0 Å². The van der Waals surface area contributed by atoms with Crippen molar-refractivity contribution in [2.75, 3.05) is 13.2 Å². The summed E-state index contributed by atoms with van der Waals surface area (Å²) in [6.45, 7) is 13.2. The molecule has 1 N–H and O–H groups in total. The molecule has 0 rings (SSSR count). The maximum atomic E-state index is 10.8. The molecule has 0 spiro atoms. The lowest BCUT2D eigenvalue weighted by molar-refractivity contribution is -0.147. The van der Waals surface area contributed by atoms with Crippen molar-refractivity contribution in [3.05, 3.63) is 36.0 Å². The number of carboxylic acid groups (broad SMARTS) is 1. The van der Waals surface area contributed by atoms with Crippen molar-refractivity contribution >= 4 is 17.9 Å². The van der Waals surface area contributed by atoms with Gasteiger partial charge >= 0.3 is 17.9 Å². The first-order chi connectivity index (χ1) is 9.63. The van der Waals surface area contributed by atoms with Crippen LogP contribution in [0, 0.1) is 0 Å². The Balaban J connectivity index is 0. The lowest BCUT2D eigenvalue weighted by Crippen LogP contribution is -2.14. The van der Waals surface area contributed by atoms with E-state index in [1.165, 1.54) is 0 Å². The third-order valence-corrected chi connectivity index (χ3v) is 2.02. The van der Waals surface area contributed by atoms with Gasteiger partial charge in [0.2, 0.25) is 0 Å². The second-order valence-electron chi connectivity index (χ2n) is 4.11. The highest BCUT2D eigenvalue weighted by Crippen LogP contribution is 1.94. The molecule has 0 heterocycles. The van der Waals surface area contributed by atoms with Gasteiger partial charge in [-0.2, -0.15) is 0 Å². The smallest absolute Gasteiger partial charge is 0.333 e. The molecule has 6 heteroatoms. The summed E-state index contributed by atoms with van der Waals surface area (Å²) in [5, 5.41) is 8.11. The topological polar surface area (TPSA) is 89.9 Å². The molecule has 0 amide bonds. The van der Waals surface area contributed by atoms with Gasteiger partial charge < -0.3 is 14.6 Å². The van der Waals surface area contributed by atoms with E-state index in [2.05, 4.69) is 22.6 Å². The van der Waals surface area contributed by atoms with E-state index in [1.54, 1.807) is 33.8 Å². The van der Waals surface area contributed by atoms with Crippen LogP contribution in [-0.2, 0) is 23.9 Å². The van der Waals surface area contributed by atoms with Crippen molar-refractivity contribution in [2.24, 2.45) is 0 Å². The number of rotatable bonds is 6. The quantitative estimate of drug-likeness (QED) is 0.459. The molecule has 0 bridgehead atoms. The molecule has 118 valence electrons. The molecular formula is C15H22O6. The third-order valence-electron chi connectivity index (χ3n) is 2.02. The van der Waals surface area contributed by atoms with Gasteiger partial charge in [0.15, 0.2) is 0 Å². The molecule has 0 radical (unpaired) electrons. The fourth-order valence-electron chi connectivity index (χ4n) is 0.639. The summed E-state index contributed by atoms with van der Waals surface area (Å²) in [5.41, 5.74) is 1.02. The lowest BCUT2D eigenvalue weighted by Gasteiger charge is -2.05. The van der Waals surface area contributed by atoms with Crippen LogP contribution in [-0.4, -0.2) is 36.2 Å². The van der Waals surface area contributed by atoms with Crippen molar-refractivity contribution in [1.29, 1.82) is 0 Å². The molecule has 0 unspecified atom stereocenters. The van der Waals surface area contributed by atoms with Gasteiger partial charge in [0.1, 0.15) is 13.2 Å². The zero-order valence-corrected chi connectivity index (χ0v) is 12.9. The van der Waals surface area contributed by atoms with Gasteiger partial charge in [-0.3, -0.25) is 0 Å². The molecule has 0 atom stereocenters. The maximum Gasteiger partial charge on any atom is 0.333 e. The van der Waals surface area contributed by atoms with Gasteiger partial charge in [0, 0.05) is 16.7 Å². The van der Waals surface area contributed by atoms with Crippen LogP contribution < -0.4 is 0 Å². The lowest BCUT2D eigenvalue weighted by atomic mass is 10.3. The summed E-state index contributed by atoms with van der Waals surface area (Å²) >= 11 is 0. The minimum absolute atomic E-state index is 0.0325. The van der Waals surface area contributed by atoms with Crippen LogP contribution in [0.25, 0.3) is 0 Å². The van der Waals surface area contributed by atoms with Gasteiger partial charge in [-0.15, -0.1) is 0 Å². The Morgan fingerprint density at radius 1 is 0.952 bits per heavy atom. The molecule has 0 aromatic rings. The number of allylic oxidation sites excluding steroid dienone is 1. The van der Waals surface area contributed by atoms with Crippen LogP contribution in [0.4, 0.5) is 0 Å². The average Bonchev–Trinajstić information content (AvgIpc) is 2.42. The number of aliphatic carboxylic acids is 1. The summed E-state index contributed by atoms with van der Waals surface area (Å²) in [7, 11) is 0. The predicted molar refractivity (Wildman–Crippen MR) is 78.6 cm³/mol. The van der Waals surface area contributed by atoms with E-state index in [1.807, 2.05) is 0 Å². The first-order valence-corrected chi connectivity index (χ1v) is 6.14. The molecule has 0 aromatic carbocycles. The van der Waals surface area contributed by atoms with Crippen LogP contribution in [0.2, 0.25) is 0 Å². The predicted octanol–water partition coefficient (Wildman–Crippen LogP) is 2.26. The van der Waals surface area contributed by atoms with Gasteiger partial charge in [-0.25, -0.2) is 14.4 Å². The Morgan fingerprint density at radius 3 is 1.43 bits per heavy atom. The van der Waals surface area contributed by atoms with Crippen LogP contribution >= 0.6 is 0 Å². The second-order valence-corrected chi connectivity index (χ2v) is 4.11. The fraction of sp³-hybridized carbons (Fsp3) is 0.400. The van der Waals surface area contributed by atoms with Crippen molar-refractivity contribution in [1.82, 2.24) is 0 Å². The minimum atomic E-state index is -0.845. The molecule has 0 saturated heterocycles. The van der Waals surface area contributed by atoms with Crippen LogP contribution in [0.1, 0.15) is 27.7 Å². The Hall–Kier alpha value is -2.37. The number of esters is 2. The normalized spacial score (nSPS) is 9.81. The molecule has 0 aliphatic carbocycles. The molecule has 21 heavy (non-hydrogen) atoms. The number of carbonyl (C=O) groups is 3. The van der Waals surface area contributed by atoms with Crippen molar-refractivity contribution in [2.45, 2.75) is 27.7 Å². The Kier molecular flexibility index (Phi) is 11.4. The maximum absolute atomic E-state index is 10.8. The van der Waals surface area contributed by atoms with E-state index in [0.29, 0.717) is 16.7 Å². The van der Waals surface area contributed by atoms with Crippen molar-refractivity contribution in [3.63, 3.8) is 0 Å². The summed E-state index contributed by atoms with van der Waals surface area (Å²) in [6.07, 6.45) is 1.56. The molecule has 6 nitrogen and oxygen atoms in total. The molecule has 0 aromatic heterocycles. The number of hydrogen-bond donors (Lipinski definition) is 1. The molecular weight excluding hydrogens is 276 g/mol. The highest BCUT2D eigenvalue weighted by atomic mass is 16.6. The summed E-state index contributed by atoms with van der Waals surface area (Å²) < 4.78 is 9.38. The van der Waals surface area contributed by atoms with Crippen molar-refractivity contribution < 1.29 is 29.0 Å². The van der Waals surface area contributed by atoms with E-state index in [0.717, 1.165) is 0 Å². The minimum Gasteiger partial charge on any atom is -0.478 e. The number of carboxylic acids is 1. The average molecular weight is 298 g/mol. The van der Waals surface area contributed by atoms with E-state index < -0.39 is 17.9 Å². The monoisotopic (exact) mass is 298 g/mol. The van der Waals surface area contributed by atoms with Gasteiger partial charge in [-0.1, -0.05) is 19.2 Å². The summed E-state index contributed by atoms with van der Waals surface area (Å²) in [5.74, 6) is -1.82. The van der Waals surface area contributed by atoms with E-state index in [-0.39, 0.29) is 13.2 Å². The number of ether oxygens (including phenoxy) is 2. The number of hydrogen-bond acceptors (Lipinski definition) is 5. The van der Waals surface area contributed by atoms with Crippen LogP contribution in [0.15, 0.2) is 36.0 Å². The molecule has 0 aliphatic heterocycles. The standard InChI is InChI=1S/C10H14O4.C5H8O2/c1-7(2)9(11)13-5-6-14-10(12)8(3)4;1-3-4(2)5(6)7/h1,3,5-6H2,2,4H3;3H,1-2H3,(H,6,7). The van der Waals surface area contributed by atoms with Crippen molar-refractivity contribution in [3.8, 4) is 0 Å². The highest BCUT2D eigenvalue weighted by molar-refractivity contribution is 5.87. The van der Waals surface area contributed by atoms with E-state index in [9.17, 15) is 14.4 Å². The van der Waals surface area contributed by atoms with E-state index in [4.69, 9.17) is 5.11 Å². The fourth-order valence-corrected chi connectivity index (χ4v) is 0.639. The zero-order chi connectivity index (χ0) is 17.0. The summed E-state index contributed by atoms with van der Waals surface area (Å²) in [6, 6.07) is 0. The Labute approximate surface area is 124 Å².